The second kappa shape index (κ2) is 57.8. The van der Waals surface area contributed by atoms with Gasteiger partial charge in [-0.3, -0.25) is 0 Å². The van der Waals surface area contributed by atoms with Crippen molar-refractivity contribution in [2.75, 3.05) is 52.9 Å². The van der Waals surface area contributed by atoms with E-state index in [9.17, 15) is 0 Å². The fourth-order valence-corrected chi connectivity index (χ4v) is 0.816. The molecule has 0 heterocycles. The van der Waals surface area contributed by atoms with Crippen molar-refractivity contribution in [3.05, 3.63) is 0 Å². The van der Waals surface area contributed by atoms with Crippen molar-refractivity contribution in [2.45, 2.75) is 55.4 Å². The third-order valence-electron chi connectivity index (χ3n) is 1.63. The molecule has 4 nitrogen and oxygen atoms in total. The Morgan fingerprint density at radius 1 is 0.318 bits per heavy atom. The van der Waals surface area contributed by atoms with Crippen LogP contribution in [0.15, 0.2) is 0 Å². The van der Waals surface area contributed by atoms with Crippen molar-refractivity contribution in [1.29, 1.82) is 0 Å². The maximum absolute atomic E-state index is 4.83. The van der Waals surface area contributed by atoms with Crippen molar-refractivity contribution in [3.8, 4) is 0 Å². The van der Waals surface area contributed by atoms with Crippen LogP contribution in [0.1, 0.15) is 55.4 Å². The molecule has 144 valence electrons. The standard InChI is InChI=1S/4C4H10O.2H2S/c4*1-3-5-4-2;;/h4*3-4H2,1-2H3;2*1H2. The highest BCUT2D eigenvalue weighted by Crippen LogP contribution is 1.65. The highest BCUT2D eigenvalue weighted by atomic mass is 32.1. The molecular formula is C16H44O4S2. The molecule has 0 saturated carbocycles. The summed E-state index contributed by atoms with van der Waals surface area (Å²) in [5.74, 6) is 0. The number of hydrogen-bond donors (Lipinski definition) is 0. The van der Waals surface area contributed by atoms with Gasteiger partial charge in [-0.2, -0.15) is 27.0 Å². The quantitative estimate of drug-likeness (QED) is 0.640. The van der Waals surface area contributed by atoms with Crippen molar-refractivity contribution in [2.24, 2.45) is 0 Å². The van der Waals surface area contributed by atoms with Gasteiger partial charge < -0.3 is 18.9 Å². The summed E-state index contributed by atoms with van der Waals surface area (Å²) in [5, 5.41) is 0. The molecule has 0 saturated heterocycles. The summed E-state index contributed by atoms with van der Waals surface area (Å²) in [7, 11) is 0. The van der Waals surface area contributed by atoms with E-state index in [0.717, 1.165) is 52.9 Å². The van der Waals surface area contributed by atoms with Gasteiger partial charge in [-0.05, 0) is 55.4 Å². The molecule has 0 aromatic carbocycles. The van der Waals surface area contributed by atoms with Gasteiger partial charge in [0.2, 0.25) is 0 Å². The number of rotatable bonds is 8. The molecule has 0 rings (SSSR count). The average molecular weight is 365 g/mol. The largest absolute Gasteiger partial charge is 0.382 e. The molecule has 0 N–H and O–H groups in total. The van der Waals surface area contributed by atoms with Crippen LogP contribution >= 0.6 is 27.0 Å². The van der Waals surface area contributed by atoms with Gasteiger partial charge in [0.05, 0.1) is 0 Å². The molecule has 0 aliphatic heterocycles. The average Bonchev–Trinajstić information content (AvgIpc) is 2.44. The molecule has 0 bridgehead atoms. The molecule has 0 fully saturated rings. The Morgan fingerprint density at radius 3 is 0.409 bits per heavy atom. The molecule has 0 unspecified atom stereocenters. The van der Waals surface area contributed by atoms with Crippen LogP contribution < -0.4 is 0 Å². The van der Waals surface area contributed by atoms with Crippen molar-refractivity contribution in [1.82, 2.24) is 0 Å². The van der Waals surface area contributed by atoms with Gasteiger partial charge in [0, 0.05) is 52.9 Å². The zero-order valence-corrected chi connectivity index (χ0v) is 18.3. The molecule has 0 aromatic rings. The van der Waals surface area contributed by atoms with Crippen LogP contribution in [0.4, 0.5) is 0 Å². The van der Waals surface area contributed by atoms with Gasteiger partial charge in [-0.1, -0.05) is 0 Å². The molecule has 0 amide bonds. The minimum absolute atomic E-state index is 0. The Kier molecular flexibility index (Phi) is 100. The van der Waals surface area contributed by atoms with Crippen LogP contribution in [-0.4, -0.2) is 52.9 Å². The molecule has 6 heteroatoms. The highest BCUT2D eigenvalue weighted by Gasteiger charge is 1.65. The van der Waals surface area contributed by atoms with E-state index in [1.54, 1.807) is 0 Å². The first kappa shape index (κ1) is 38.2. The summed E-state index contributed by atoms with van der Waals surface area (Å²) in [4.78, 5) is 0. The zero-order valence-electron chi connectivity index (χ0n) is 16.3. The lowest BCUT2D eigenvalue weighted by Crippen LogP contribution is -1.84. The van der Waals surface area contributed by atoms with E-state index in [-0.39, 0.29) is 27.0 Å². The molecule has 0 radical (unpaired) electrons. The topological polar surface area (TPSA) is 36.9 Å². The second-order valence-electron chi connectivity index (χ2n) is 3.13. The zero-order chi connectivity index (χ0) is 16.5. The lowest BCUT2D eigenvalue weighted by atomic mass is 10.8. The monoisotopic (exact) mass is 364 g/mol. The minimum atomic E-state index is 0. The van der Waals surface area contributed by atoms with Gasteiger partial charge >= 0.3 is 0 Å². The SMILES string of the molecule is CCOCC.CCOCC.CCOCC.CCOCC.S.S. The second-order valence-corrected chi connectivity index (χ2v) is 3.13. The van der Waals surface area contributed by atoms with E-state index in [1.807, 2.05) is 55.4 Å². The molecule has 0 atom stereocenters. The third-order valence-corrected chi connectivity index (χ3v) is 1.63. The van der Waals surface area contributed by atoms with Gasteiger partial charge in [0.25, 0.3) is 0 Å². The van der Waals surface area contributed by atoms with Crippen molar-refractivity contribution < 1.29 is 18.9 Å². The van der Waals surface area contributed by atoms with E-state index >= 15 is 0 Å². The highest BCUT2D eigenvalue weighted by molar-refractivity contribution is 7.59. The van der Waals surface area contributed by atoms with Gasteiger partial charge in [-0.25, -0.2) is 0 Å². The molecule has 0 aliphatic rings. The first-order chi connectivity index (χ1) is 9.66. The van der Waals surface area contributed by atoms with Crippen molar-refractivity contribution >= 4 is 27.0 Å². The van der Waals surface area contributed by atoms with E-state index in [0.29, 0.717) is 0 Å². The summed E-state index contributed by atoms with van der Waals surface area (Å²) in [6.07, 6.45) is 0. The minimum Gasteiger partial charge on any atom is -0.382 e. The Hall–Kier alpha value is 0.540. The van der Waals surface area contributed by atoms with Gasteiger partial charge in [0.1, 0.15) is 0 Å². The van der Waals surface area contributed by atoms with Crippen LogP contribution in [0.5, 0.6) is 0 Å². The Labute approximate surface area is 154 Å². The van der Waals surface area contributed by atoms with E-state index in [2.05, 4.69) is 0 Å². The maximum Gasteiger partial charge on any atom is 0.0437 e. The third kappa shape index (κ3) is 108. The molecular weight excluding hydrogens is 320 g/mol. The van der Waals surface area contributed by atoms with Crippen LogP contribution in [0, 0.1) is 0 Å². The van der Waals surface area contributed by atoms with E-state index in [1.165, 1.54) is 0 Å². The fourth-order valence-electron chi connectivity index (χ4n) is 0.816. The summed E-state index contributed by atoms with van der Waals surface area (Å²) in [6.45, 7) is 22.7. The first-order valence-electron chi connectivity index (χ1n) is 7.97. The predicted molar refractivity (Wildman–Crippen MR) is 109 cm³/mol. The van der Waals surface area contributed by atoms with Crippen LogP contribution in [0.25, 0.3) is 0 Å². The molecule has 0 aromatic heterocycles. The summed E-state index contributed by atoms with van der Waals surface area (Å²) in [5.41, 5.74) is 0. The van der Waals surface area contributed by atoms with Crippen LogP contribution in [-0.2, 0) is 18.9 Å². The molecule has 0 aliphatic carbocycles. The van der Waals surface area contributed by atoms with Gasteiger partial charge in [0.15, 0.2) is 0 Å². The molecule has 0 spiro atoms. The Bertz CT molecular complexity index is 78.1. The fraction of sp³-hybridized carbons (Fsp3) is 1.00. The van der Waals surface area contributed by atoms with Crippen molar-refractivity contribution in [3.63, 3.8) is 0 Å². The smallest absolute Gasteiger partial charge is 0.0437 e. The first-order valence-corrected chi connectivity index (χ1v) is 7.97. The molecule has 22 heavy (non-hydrogen) atoms. The summed E-state index contributed by atoms with van der Waals surface area (Å²) in [6, 6.07) is 0. The Balaban J connectivity index is -0.0000000376. The van der Waals surface area contributed by atoms with Crippen LogP contribution in [0.2, 0.25) is 0 Å². The van der Waals surface area contributed by atoms with E-state index in [4.69, 9.17) is 18.9 Å². The lowest BCUT2D eigenvalue weighted by Gasteiger charge is -1.86. The van der Waals surface area contributed by atoms with Gasteiger partial charge in [-0.15, -0.1) is 0 Å². The predicted octanol–water partition coefficient (Wildman–Crippen LogP) is 4.40. The summed E-state index contributed by atoms with van der Waals surface area (Å²) < 4.78 is 19.3. The number of ether oxygens (including phenoxy) is 4. The van der Waals surface area contributed by atoms with E-state index < -0.39 is 0 Å². The van der Waals surface area contributed by atoms with Crippen LogP contribution in [0.3, 0.4) is 0 Å². The number of hydrogen-bond acceptors (Lipinski definition) is 4. The lowest BCUT2D eigenvalue weighted by molar-refractivity contribution is 0.162. The Morgan fingerprint density at radius 2 is 0.409 bits per heavy atom. The maximum atomic E-state index is 4.83. The normalized spacial score (nSPS) is 7.64. The summed E-state index contributed by atoms with van der Waals surface area (Å²) >= 11 is 0.